The van der Waals surface area contributed by atoms with E-state index >= 15 is 0 Å². The smallest absolute Gasteiger partial charge is 0.309 e. The second-order valence-electron chi connectivity index (χ2n) is 5.31. The fraction of sp³-hybridized carbons (Fsp3) is 0.909. The lowest BCUT2D eigenvalue weighted by Gasteiger charge is -2.63. The van der Waals surface area contributed by atoms with Gasteiger partial charge in [0.1, 0.15) is 0 Å². The van der Waals surface area contributed by atoms with E-state index in [9.17, 15) is 4.79 Å². The van der Waals surface area contributed by atoms with Crippen molar-refractivity contribution in [2.75, 3.05) is 20.3 Å². The van der Waals surface area contributed by atoms with E-state index in [-0.39, 0.29) is 11.9 Å². The predicted octanol–water partition coefficient (Wildman–Crippen LogP) is 0.688. The molecule has 0 bridgehead atoms. The lowest BCUT2D eigenvalue weighted by Crippen LogP contribution is -2.67. The molecular weight excluding hydrogens is 180 g/mol. The zero-order valence-corrected chi connectivity index (χ0v) is 8.23. The molecule has 76 valence electrons. The first kappa shape index (κ1) is 7.69. The van der Waals surface area contributed by atoms with Crippen molar-refractivity contribution in [1.29, 1.82) is 0 Å². The predicted molar refractivity (Wildman–Crippen MR) is 47.3 cm³/mol. The Labute approximate surface area is 82.8 Å². The molecule has 1 heterocycles. The fourth-order valence-corrected chi connectivity index (χ4v) is 4.72. The summed E-state index contributed by atoms with van der Waals surface area (Å²) in [6, 6.07) is 0. The van der Waals surface area contributed by atoms with Gasteiger partial charge in [0.05, 0.1) is 26.2 Å². The molecule has 0 radical (unpaired) electrons. The van der Waals surface area contributed by atoms with Crippen LogP contribution in [-0.4, -0.2) is 26.3 Å². The quantitative estimate of drug-likeness (QED) is 0.576. The van der Waals surface area contributed by atoms with E-state index in [1.165, 1.54) is 13.5 Å². The number of esters is 1. The summed E-state index contributed by atoms with van der Waals surface area (Å²) in [5.74, 6) is 3.03. The molecule has 1 unspecified atom stereocenters. The number of ether oxygens (including phenoxy) is 2. The van der Waals surface area contributed by atoms with Gasteiger partial charge in [-0.25, -0.2) is 0 Å². The third-order valence-electron chi connectivity index (χ3n) is 5.25. The second kappa shape index (κ2) is 2.01. The van der Waals surface area contributed by atoms with Crippen LogP contribution in [0.15, 0.2) is 0 Å². The minimum Gasteiger partial charge on any atom is -0.469 e. The minimum absolute atomic E-state index is 0.00600. The second-order valence-corrected chi connectivity index (χ2v) is 5.31. The van der Waals surface area contributed by atoms with Gasteiger partial charge in [0.25, 0.3) is 0 Å². The molecule has 4 aliphatic rings. The molecule has 6 atom stereocenters. The van der Waals surface area contributed by atoms with Gasteiger partial charge in [0, 0.05) is 11.3 Å². The molecule has 3 heteroatoms. The summed E-state index contributed by atoms with van der Waals surface area (Å²) in [5, 5.41) is 0. The highest BCUT2D eigenvalue weighted by Crippen LogP contribution is 2.84. The molecule has 0 N–H and O–H groups in total. The van der Waals surface area contributed by atoms with Crippen LogP contribution in [0.2, 0.25) is 0 Å². The number of hydrogen-bond acceptors (Lipinski definition) is 3. The topological polar surface area (TPSA) is 35.5 Å². The molecule has 4 fully saturated rings. The van der Waals surface area contributed by atoms with E-state index in [4.69, 9.17) is 9.47 Å². The largest absolute Gasteiger partial charge is 0.469 e. The van der Waals surface area contributed by atoms with Crippen LogP contribution in [0.5, 0.6) is 0 Å². The van der Waals surface area contributed by atoms with E-state index in [0.29, 0.717) is 17.3 Å². The molecule has 3 aliphatic carbocycles. The highest BCUT2D eigenvalue weighted by Gasteiger charge is 2.85. The Morgan fingerprint density at radius 3 is 3.14 bits per heavy atom. The van der Waals surface area contributed by atoms with Gasteiger partial charge in [-0.1, -0.05) is 0 Å². The highest BCUT2D eigenvalue weighted by molar-refractivity contribution is 5.76. The summed E-state index contributed by atoms with van der Waals surface area (Å²) in [6.45, 7) is 1.70. The van der Waals surface area contributed by atoms with Gasteiger partial charge < -0.3 is 9.47 Å². The van der Waals surface area contributed by atoms with Crippen molar-refractivity contribution in [3.63, 3.8) is 0 Å². The minimum atomic E-state index is 0.00600. The Balaban J connectivity index is 1.69. The molecule has 3 nitrogen and oxygen atoms in total. The zero-order chi connectivity index (χ0) is 9.50. The summed E-state index contributed by atoms with van der Waals surface area (Å²) in [5.41, 5.74) is 0.434. The first-order valence-corrected chi connectivity index (χ1v) is 5.46. The molecule has 0 amide bonds. The number of fused-ring (bicyclic) bond motifs is 2. The van der Waals surface area contributed by atoms with Crippen LogP contribution in [0.4, 0.5) is 0 Å². The number of carbonyl (C=O) groups excluding carboxylic acids is 1. The Bertz CT molecular complexity index is 318. The molecule has 1 spiro atoms. The van der Waals surface area contributed by atoms with Crippen molar-refractivity contribution in [2.24, 2.45) is 35.0 Å². The molecule has 0 aromatic carbocycles. The van der Waals surface area contributed by atoms with Crippen LogP contribution in [0.25, 0.3) is 0 Å². The molecular formula is C11H14O3. The Kier molecular flexibility index (Phi) is 1.10. The SMILES string of the molecule is COC(=O)[C@@H]1[C@@H]2[C@H]3C[C@H]3C23COC[C@@H]13. The first-order valence-electron chi connectivity index (χ1n) is 5.46. The molecule has 1 aliphatic heterocycles. The maximum atomic E-state index is 11.6. The van der Waals surface area contributed by atoms with E-state index in [0.717, 1.165) is 25.0 Å². The number of rotatable bonds is 1. The standard InChI is InChI=1S/C11H14O3/c1-13-10(12)8-7-3-14-4-11(7)6-2-5(6)9(8)11/h5-9H,2-4H2,1H3/t5-,6+,7-,8-,9-,11?/m0/s1. The van der Waals surface area contributed by atoms with Crippen molar-refractivity contribution in [1.82, 2.24) is 0 Å². The average molecular weight is 194 g/mol. The van der Waals surface area contributed by atoms with Crippen molar-refractivity contribution in [3.8, 4) is 0 Å². The Morgan fingerprint density at radius 1 is 1.50 bits per heavy atom. The van der Waals surface area contributed by atoms with Gasteiger partial charge >= 0.3 is 5.97 Å². The van der Waals surface area contributed by atoms with Gasteiger partial charge in [-0.2, -0.15) is 0 Å². The maximum absolute atomic E-state index is 11.6. The van der Waals surface area contributed by atoms with Gasteiger partial charge in [-0.05, 0) is 24.2 Å². The van der Waals surface area contributed by atoms with E-state index < -0.39 is 0 Å². The summed E-state index contributed by atoms with van der Waals surface area (Å²) in [6.07, 6.45) is 1.35. The lowest BCUT2D eigenvalue weighted by molar-refractivity contribution is -0.205. The van der Waals surface area contributed by atoms with Crippen molar-refractivity contribution < 1.29 is 14.3 Å². The van der Waals surface area contributed by atoms with Crippen LogP contribution >= 0.6 is 0 Å². The van der Waals surface area contributed by atoms with E-state index in [1.54, 1.807) is 0 Å². The maximum Gasteiger partial charge on any atom is 0.309 e. The molecule has 14 heavy (non-hydrogen) atoms. The summed E-state index contributed by atoms with van der Waals surface area (Å²) >= 11 is 0. The van der Waals surface area contributed by atoms with Crippen LogP contribution in [0.1, 0.15) is 6.42 Å². The van der Waals surface area contributed by atoms with Gasteiger partial charge in [0.15, 0.2) is 0 Å². The zero-order valence-electron chi connectivity index (χ0n) is 8.23. The van der Waals surface area contributed by atoms with Crippen molar-refractivity contribution in [2.45, 2.75) is 6.42 Å². The summed E-state index contributed by atoms with van der Waals surface area (Å²) in [4.78, 5) is 11.6. The van der Waals surface area contributed by atoms with E-state index in [2.05, 4.69) is 0 Å². The molecule has 1 saturated heterocycles. The molecule has 3 saturated carbocycles. The third-order valence-corrected chi connectivity index (χ3v) is 5.25. The summed E-state index contributed by atoms with van der Waals surface area (Å²) in [7, 11) is 1.50. The molecule has 4 rings (SSSR count). The normalized spacial score (nSPS) is 61.4. The average Bonchev–Trinajstić information content (AvgIpc) is 2.77. The highest BCUT2D eigenvalue weighted by atomic mass is 16.5. The van der Waals surface area contributed by atoms with Crippen molar-refractivity contribution >= 4 is 5.97 Å². The van der Waals surface area contributed by atoms with Crippen LogP contribution < -0.4 is 0 Å². The van der Waals surface area contributed by atoms with Crippen LogP contribution in [0, 0.1) is 35.0 Å². The summed E-state index contributed by atoms with van der Waals surface area (Å²) < 4.78 is 10.5. The molecule has 0 aromatic rings. The Morgan fingerprint density at radius 2 is 2.36 bits per heavy atom. The van der Waals surface area contributed by atoms with Gasteiger partial charge in [0.2, 0.25) is 0 Å². The van der Waals surface area contributed by atoms with Gasteiger partial charge in [-0.15, -0.1) is 0 Å². The lowest BCUT2D eigenvalue weighted by atomic mass is 9.38. The monoisotopic (exact) mass is 194 g/mol. The number of carbonyl (C=O) groups is 1. The molecule has 0 aromatic heterocycles. The first-order chi connectivity index (χ1) is 6.80. The Hall–Kier alpha value is -0.570. The van der Waals surface area contributed by atoms with Gasteiger partial charge in [-0.3, -0.25) is 4.79 Å². The van der Waals surface area contributed by atoms with E-state index in [1.807, 2.05) is 0 Å². The number of hydrogen-bond donors (Lipinski definition) is 0. The number of methoxy groups -OCH3 is 1. The van der Waals surface area contributed by atoms with Crippen LogP contribution in [0.3, 0.4) is 0 Å². The van der Waals surface area contributed by atoms with Crippen molar-refractivity contribution in [3.05, 3.63) is 0 Å². The van der Waals surface area contributed by atoms with Crippen LogP contribution in [-0.2, 0) is 14.3 Å². The fourth-order valence-electron chi connectivity index (χ4n) is 4.72. The third kappa shape index (κ3) is 0.530.